The number of anilines is 2. The van der Waals surface area contributed by atoms with Crippen molar-refractivity contribution in [2.24, 2.45) is 0 Å². The molecule has 5 nitrogen and oxygen atoms in total. The highest BCUT2D eigenvalue weighted by Crippen LogP contribution is 2.23. The van der Waals surface area contributed by atoms with Crippen LogP contribution in [0.5, 0.6) is 0 Å². The second-order valence-electron chi connectivity index (χ2n) is 4.43. The monoisotopic (exact) mass is 390 g/mol. The van der Waals surface area contributed by atoms with E-state index in [1.807, 2.05) is 6.07 Å². The lowest BCUT2D eigenvalue weighted by Crippen LogP contribution is -2.17. The Morgan fingerprint density at radius 1 is 1.32 bits per heavy atom. The van der Waals surface area contributed by atoms with Crippen LogP contribution >= 0.6 is 34.2 Å². The molecule has 0 amide bonds. The highest BCUT2D eigenvalue weighted by molar-refractivity contribution is 14.1. The van der Waals surface area contributed by atoms with Crippen LogP contribution < -0.4 is 5.32 Å². The first-order chi connectivity index (χ1) is 8.86. The molecule has 0 aliphatic carbocycles. The average molecular weight is 391 g/mol. The molecule has 0 aliphatic heterocycles. The number of aromatic nitrogens is 3. The highest BCUT2D eigenvalue weighted by atomic mass is 127. The number of rotatable bonds is 3. The number of hydrogen-bond acceptors (Lipinski definition) is 5. The normalized spacial score (nSPS) is 11.4. The van der Waals surface area contributed by atoms with Gasteiger partial charge in [-0.1, -0.05) is 6.07 Å². The third-order valence-electron chi connectivity index (χ3n) is 2.34. The van der Waals surface area contributed by atoms with E-state index in [-0.39, 0.29) is 5.28 Å². The van der Waals surface area contributed by atoms with E-state index in [9.17, 15) is 5.11 Å². The minimum absolute atomic E-state index is 0.168. The lowest BCUT2D eigenvalue weighted by molar-refractivity contribution is 0.0740. The standard InChI is InChI=1S/C12H12ClIN4O/c1-12(2,19)8-4-3-5-9(16-8)17-10-7(14)6-15-11(13)18-10/h3-6,19H,1-2H3,(H,15,16,17,18). The van der Waals surface area contributed by atoms with E-state index in [1.165, 1.54) is 0 Å². The highest BCUT2D eigenvalue weighted by Gasteiger charge is 2.18. The Balaban J connectivity index is 2.31. The molecular weight excluding hydrogens is 379 g/mol. The molecule has 0 fully saturated rings. The molecule has 0 aliphatic rings. The van der Waals surface area contributed by atoms with Crippen LogP contribution in [0.4, 0.5) is 11.6 Å². The predicted molar refractivity (Wildman–Crippen MR) is 82.5 cm³/mol. The Labute approximate surface area is 129 Å². The lowest BCUT2D eigenvalue weighted by atomic mass is 10.1. The number of pyridine rings is 1. The van der Waals surface area contributed by atoms with Gasteiger partial charge in [-0.2, -0.15) is 4.98 Å². The van der Waals surface area contributed by atoms with Crippen LogP contribution in [-0.4, -0.2) is 20.1 Å². The molecule has 2 N–H and O–H groups in total. The van der Waals surface area contributed by atoms with Crippen LogP contribution in [0.25, 0.3) is 0 Å². The fraction of sp³-hybridized carbons (Fsp3) is 0.250. The van der Waals surface area contributed by atoms with Gasteiger partial charge in [0, 0.05) is 6.20 Å². The Hall–Kier alpha value is -0.990. The zero-order valence-corrected chi connectivity index (χ0v) is 13.3. The summed E-state index contributed by atoms with van der Waals surface area (Å²) in [7, 11) is 0. The molecule has 2 aromatic heterocycles. The molecule has 0 bridgehead atoms. The first-order valence-electron chi connectivity index (χ1n) is 5.51. The molecular formula is C12H12ClIN4O. The van der Waals surface area contributed by atoms with Crippen molar-refractivity contribution >= 4 is 45.8 Å². The van der Waals surface area contributed by atoms with Gasteiger partial charge in [0.2, 0.25) is 5.28 Å². The Kier molecular flexibility index (Phi) is 4.22. The van der Waals surface area contributed by atoms with Crippen LogP contribution in [0.1, 0.15) is 19.5 Å². The molecule has 0 aromatic carbocycles. The average Bonchev–Trinajstić information content (AvgIpc) is 2.33. The van der Waals surface area contributed by atoms with Crippen molar-refractivity contribution in [3.63, 3.8) is 0 Å². The fourth-order valence-corrected chi connectivity index (χ4v) is 1.93. The van der Waals surface area contributed by atoms with Crippen molar-refractivity contribution in [2.45, 2.75) is 19.4 Å². The zero-order valence-electron chi connectivity index (χ0n) is 10.4. The number of nitrogens with one attached hydrogen (secondary N) is 1. The van der Waals surface area contributed by atoms with Crippen molar-refractivity contribution in [1.29, 1.82) is 0 Å². The van der Waals surface area contributed by atoms with E-state index in [0.29, 0.717) is 17.3 Å². The SMILES string of the molecule is CC(C)(O)c1cccc(Nc2nc(Cl)ncc2I)n1. The third kappa shape index (κ3) is 3.74. The Morgan fingerprint density at radius 3 is 2.74 bits per heavy atom. The smallest absolute Gasteiger partial charge is 0.224 e. The third-order valence-corrected chi connectivity index (χ3v) is 3.31. The molecule has 0 spiro atoms. The maximum atomic E-state index is 9.94. The lowest BCUT2D eigenvalue weighted by Gasteiger charge is -2.17. The van der Waals surface area contributed by atoms with Crippen LogP contribution in [0.2, 0.25) is 5.28 Å². The van der Waals surface area contributed by atoms with Crippen molar-refractivity contribution < 1.29 is 5.11 Å². The van der Waals surface area contributed by atoms with E-state index in [4.69, 9.17) is 11.6 Å². The van der Waals surface area contributed by atoms with Gasteiger partial charge in [-0.25, -0.2) is 9.97 Å². The van der Waals surface area contributed by atoms with Gasteiger partial charge < -0.3 is 10.4 Å². The van der Waals surface area contributed by atoms with Crippen LogP contribution in [0, 0.1) is 3.57 Å². The summed E-state index contributed by atoms with van der Waals surface area (Å²) in [5.74, 6) is 1.17. The van der Waals surface area contributed by atoms with Gasteiger partial charge in [0.05, 0.1) is 9.26 Å². The van der Waals surface area contributed by atoms with Crippen LogP contribution in [0.3, 0.4) is 0 Å². The molecule has 2 heterocycles. The van der Waals surface area contributed by atoms with Gasteiger partial charge in [-0.05, 0) is 60.2 Å². The summed E-state index contributed by atoms with van der Waals surface area (Å²) in [5.41, 5.74) is -0.415. The summed E-state index contributed by atoms with van der Waals surface area (Å²) in [4.78, 5) is 12.3. The summed E-state index contributed by atoms with van der Waals surface area (Å²) < 4.78 is 0.831. The van der Waals surface area contributed by atoms with Crippen molar-refractivity contribution in [2.75, 3.05) is 5.32 Å². The van der Waals surface area contributed by atoms with Crippen LogP contribution in [-0.2, 0) is 5.60 Å². The van der Waals surface area contributed by atoms with Gasteiger partial charge in [-0.3, -0.25) is 0 Å². The Morgan fingerprint density at radius 2 is 2.05 bits per heavy atom. The summed E-state index contributed by atoms with van der Waals surface area (Å²) in [6.45, 7) is 3.37. The van der Waals surface area contributed by atoms with Crippen molar-refractivity contribution in [3.05, 3.63) is 38.9 Å². The summed E-state index contributed by atoms with van der Waals surface area (Å²) >= 11 is 7.87. The molecule has 0 saturated heterocycles. The molecule has 100 valence electrons. The van der Waals surface area contributed by atoms with Gasteiger partial charge in [0.25, 0.3) is 0 Å². The topological polar surface area (TPSA) is 70.9 Å². The van der Waals surface area contributed by atoms with Gasteiger partial charge >= 0.3 is 0 Å². The Bertz CT molecular complexity index is 601. The fourth-order valence-electron chi connectivity index (χ4n) is 1.40. The summed E-state index contributed by atoms with van der Waals surface area (Å²) in [6, 6.07) is 5.38. The number of hydrogen-bond donors (Lipinski definition) is 2. The maximum absolute atomic E-state index is 9.94. The van der Waals surface area contributed by atoms with E-state index in [0.717, 1.165) is 3.57 Å². The summed E-state index contributed by atoms with van der Waals surface area (Å²) in [5, 5.41) is 13.2. The number of halogens is 2. The molecule has 0 saturated carbocycles. The molecule has 0 radical (unpaired) electrons. The van der Waals surface area contributed by atoms with Gasteiger partial charge in [0.1, 0.15) is 17.2 Å². The molecule has 2 rings (SSSR count). The first kappa shape index (κ1) is 14.4. The maximum Gasteiger partial charge on any atom is 0.224 e. The predicted octanol–water partition coefficient (Wildman–Crippen LogP) is 3.10. The quantitative estimate of drug-likeness (QED) is 0.622. The van der Waals surface area contributed by atoms with Crippen molar-refractivity contribution in [3.8, 4) is 0 Å². The zero-order chi connectivity index (χ0) is 14.0. The first-order valence-corrected chi connectivity index (χ1v) is 6.97. The molecule has 7 heteroatoms. The molecule has 19 heavy (non-hydrogen) atoms. The number of aliphatic hydroxyl groups is 1. The van der Waals surface area contributed by atoms with E-state index in [1.54, 1.807) is 32.2 Å². The number of nitrogens with zero attached hydrogens (tertiary/aromatic N) is 3. The second-order valence-corrected chi connectivity index (χ2v) is 5.93. The van der Waals surface area contributed by atoms with Crippen LogP contribution in [0.15, 0.2) is 24.4 Å². The summed E-state index contributed by atoms with van der Waals surface area (Å²) in [6.07, 6.45) is 1.62. The minimum atomic E-state index is -0.992. The molecule has 0 unspecified atom stereocenters. The van der Waals surface area contributed by atoms with Crippen molar-refractivity contribution in [1.82, 2.24) is 15.0 Å². The van der Waals surface area contributed by atoms with E-state index < -0.39 is 5.60 Å². The van der Waals surface area contributed by atoms with Gasteiger partial charge in [0.15, 0.2) is 0 Å². The molecule has 2 aromatic rings. The van der Waals surface area contributed by atoms with Gasteiger partial charge in [-0.15, -0.1) is 0 Å². The minimum Gasteiger partial charge on any atom is -0.384 e. The second kappa shape index (κ2) is 5.56. The molecule has 0 atom stereocenters. The van der Waals surface area contributed by atoms with E-state index in [2.05, 4.69) is 42.9 Å². The largest absolute Gasteiger partial charge is 0.384 e. The van der Waals surface area contributed by atoms with E-state index >= 15 is 0 Å².